The van der Waals surface area contributed by atoms with E-state index in [2.05, 4.69) is 5.32 Å². The van der Waals surface area contributed by atoms with Gasteiger partial charge in [0, 0.05) is 0 Å². The minimum Gasteiger partial charge on any atom is -0.492 e. The Morgan fingerprint density at radius 3 is 2.50 bits per heavy atom. The lowest BCUT2D eigenvalue weighted by Crippen LogP contribution is -2.52. The Morgan fingerprint density at radius 1 is 1.30 bits per heavy atom. The van der Waals surface area contributed by atoms with Crippen molar-refractivity contribution >= 4 is 18.3 Å². The minimum atomic E-state index is -0.649. The van der Waals surface area contributed by atoms with Gasteiger partial charge in [-0.25, -0.2) is 0 Å². The smallest absolute Gasteiger partial charge is 0.240 e. The van der Waals surface area contributed by atoms with Crippen LogP contribution in [0.4, 0.5) is 0 Å². The Labute approximate surface area is 126 Å². The third-order valence-corrected chi connectivity index (χ3v) is 3.63. The quantitative estimate of drug-likeness (QED) is 0.819. The maximum Gasteiger partial charge on any atom is 0.240 e. The minimum absolute atomic E-state index is 0. The first-order valence-corrected chi connectivity index (χ1v) is 6.87. The van der Waals surface area contributed by atoms with Crippen LogP contribution in [0.3, 0.4) is 0 Å². The maximum atomic E-state index is 11.9. The second-order valence-corrected chi connectivity index (χ2v) is 5.28. The Balaban J connectivity index is 0.00000200. The first kappa shape index (κ1) is 16.8. The first-order valence-electron chi connectivity index (χ1n) is 6.87. The van der Waals surface area contributed by atoms with Crippen LogP contribution in [0.25, 0.3) is 0 Å². The lowest BCUT2D eigenvalue weighted by atomic mass is 9.98. The van der Waals surface area contributed by atoms with Crippen LogP contribution in [0.15, 0.2) is 24.3 Å². The molecule has 1 fully saturated rings. The molecular formula is C15H23ClN2O2. The van der Waals surface area contributed by atoms with E-state index in [1.54, 1.807) is 0 Å². The molecule has 0 heterocycles. The molecule has 0 atom stereocenters. The third kappa shape index (κ3) is 4.39. The summed E-state index contributed by atoms with van der Waals surface area (Å²) in [6.07, 6.45) is 3.67. The number of amides is 1. The van der Waals surface area contributed by atoms with Crippen LogP contribution < -0.4 is 15.8 Å². The molecule has 5 heteroatoms. The molecule has 0 aliphatic heterocycles. The van der Waals surface area contributed by atoms with Crippen LogP contribution in [0.5, 0.6) is 5.75 Å². The molecule has 0 unspecified atom stereocenters. The fourth-order valence-corrected chi connectivity index (χ4v) is 2.38. The summed E-state index contributed by atoms with van der Waals surface area (Å²) in [5, 5.41) is 2.86. The Kier molecular flexibility index (Phi) is 6.30. The molecule has 0 bridgehead atoms. The number of rotatable bonds is 5. The fraction of sp³-hybridized carbons (Fsp3) is 0.533. The summed E-state index contributed by atoms with van der Waals surface area (Å²) in [6.45, 7) is 2.99. The highest BCUT2D eigenvalue weighted by Crippen LogP contribution is 2.27. The lowest BCUT2D eigenvalue weighted by Gasteiger charge is -2.22. The van der Waals surface area contributed by atoms with Crippen molar-refractivity contribution in [2.75, 3.05) is 13.2 Å². The van der Waals surface area contributed by atoms with Gasteiger partial charge in [-0.05, 0) is 31.9 Å². The van der Waals surface area contributed by atoms with Crippen LogP contribution in [0.2, 0.25) is 0 Å². The highest BCUT2D eigenvalue weighted by atomic mass is 35.5. The average Bonchev–Trinajstić information content (AvgIpc) is 2.85. The first-order chi connectivity index (χ1) is 9.10. The molecule has 0 radical (unpaired) electrons. The maximum absolute atomic E-state index is 11.9. The Bertz CT molecular complexity index is 428. The molecule has 1 aromatic rings. The van der Waals surface area contributed by atoms with E-state index in [4.69, 9.17) is 10.5 Å². The average molecular weight is 299 g/mol. The molecule has 1 aliphatic rings. The van der Waals surface area contributed by atoms with Gasteiger partial charge in [0.2, 0.25) is 5.91 Å². The van der Waals surface area contributed by atoms with Crippen molar-refractivity contribution in [3.8, 4) is 5.75 Å². The molecule has 1 amide bonds. The van der Waals surface area contributed by atoms with Crippen molar-refractivity contribution in [1.82, 2.24) is 5.32 Å². The Hall–Kier alpha value is -1.26. The zero-order valence-electron chi connectivity index (χ0n) is 11.9. The molecule has 0 aromatic heterocycles. The molecular weight excluding hydrogens is 276 g/mol. The largest absolute Gasteiger partial charge is 0.492 e. The van der Waals surface area contributed by atoms with Gasteiger partial charge in [0.25, 0.3) is 0 Å². The van der Waals surface area contributed by atoms with Gasteiger partial charge in [-0.15, -0.1) is 12.4 Å². The zero-order valence-corrected chi connectivity index (χ0v) is 12.7. The number of carbonyl (C=O) groups excluding carboxylic acids is 1. The van der Waals surface area contributed by atoms with E-state index in [-0.39, 0.29) is 18.3 Å². The summed E-state index contributed by atoms with van der Waals surface area (Å²) in [7, 11) is 0. The summed E-state index contributed by atoms with van der Waals surface area (Å²) in [5.41, 5.74) is 6.61. The second kappa shape index (κ2) is 7.50. The van der Waals surface area contributed by atoms with E-state index >= 15 is 0 Å². The van der Waals surface area contributed by atoms with Gasteiger partial charge in [-0.3, -0.25) is 4.79 Å². The third-order valence-electron chi connectivity index (χ3n) is 3.63. The monoisotopic (exact) mass is 298 g/mol. The van der Waals surface area contributed by atoms with Gasteiger partial charge >= 0.3 is 0 Å². The number of hydrogen-bond donors (Lipinski definition) is 2. The van der Waals surface area contributed by atoms with Crippen LogP contribution in [0, 0.1) is 6.92 Å². The van der Waals surface area contributed by atoms with Gasteiger partial charge in [0.1, 0.15) is 12.4 Å². The lowest BCUT2D eigenvalue weighted by molar-refractivity contribution is -0.126. The highest BCUT2D eigenvalue weighted by Gasteiger charge is 2.36. The molecule has 1 saturated carbocycles. The van der Waals surface area contributed by atoms with E-state index in [0.29, 0.717) is 13.2 Å². The van der Waals surface area contributed by atoms with E-state index < -0.39 is 5.54 Å². The number of ether oxygens (including phenoxy) is 1. The number of carbonyl (C=O) groups is 1. The van der Waals surface area contributed by atoms with Gasteiger partial charge in [0.15, 0.2) is 0 Å². The van der Waals surface area contributed by atoms with Crippen LogP contribution in [0.1, 0.15) is 31.2 Å². The molecule has 20 heavy (non-hydrogen) atoms. The molecule has 0 saturated heterocycles. The van der Waals surface area contributed by atoms with Crippen molar-refractivity contribution in [1.29, 1.82) is 0 Å². The van der Waals surface area contributed by atoms with Crippen LogP contribution in [-0.2, 0) is 4.79 Å². The number of halogens is 1. The van der Waals surface area contributed by atoms with Crippen molar-refractivity contribution < 1.29 is 9.53 Å². The van der Waals surface area contributed by atoms with Crippen molar-refractivity contribution in [2.45, 2.75) is 38.1 Å². The van der Waals surface area contributed by atoms with Crippen molar-refractivity contribution in [3.63, 3.8) is 0 Å². The number of nitrogens with one attached hydrogen (secondary N) is 1. The van der Waals surface area contributed by atoms with Gasteiger partial charge in [-0.2, -0.15) is 0 Å². The molecule has 0 spiro atoms. The van der Waals surface area contributed by atoms with E-state index in [0.717, 1.165) is 31.4 Å². The molecule has 2 rings (SSSR count). The number of nitrogens with two attached hydrogens (primary N) is 1. The number of hydrogen-bond acceptors (Lipinski definition) is 3. The zero-order chi connectivity index (χ0) is 13.7. The normalized spacial score (nSPS) is 16.3. The molecule has 112 valence electrons. The van der Waals surface area contributed by atoms with Gasteiger partial charge < -0.3 is 15.8 Å². The standard InChI is InChI=1S/C15H22N2O2.ClH/c1-12-4-6-13(7-5-12)19-11-10-17-14(18)15(16)8-2-3-9-15;/h4-7H,2-3,8-11,16H2,1H3,(H,17,18);1H. The summed E-state index contributed by atoms with van der Waals surface area (Å²) in [4.78, 5) is 11.9. The van der Waals surface area contributed by atoms with E-state index in [9.17, 15) is 4.79 Å². The predicted molar refractivity (Wildman–Crippen MR) is 82.3 cm³/mol. The molecule has 4 nitrogen and oxygen atoms in total. The molecule has 3 N–H and O–H groups in total. The summed E-state index contributed by atoms with van der Waals surface area (Å²) < 4.78 is 5.55. The summed E-state index contributed by atoms with van der Waals surface area (Å²) in [6, 6.07) is 7.86. The summed E-state index contributed by atoms with van der Waals surface area (Å²) in [5.74, 6) is 0.778. The van der Waals surface area contributed by atoms with Crippen molar-refractivity contribution in [3.05, 3.63) is 29.8 Å². The van der Waals surface area contributed by atoms with E-state index in [1.807, 2.05) is 31.2 Å². The molecule has 1 aromatic carbocycles. The summed E-state index contributed by atoms with van der Waals surface area (Å²) >= 11 is 0. The van der Waals surface area contributed by atoms with Crippen molar-refractivity contribution in [2.24, 2.45) is 5.73 Å². The topological polar surface area (TPSA) is 64.3 Å². The van der Waals surface area contributed by atoms with Gasteiger partial charge in [-0.1, -0.05) is 30.5 Å². The fourth-order valence-electron chi connectivity index (χ4n) is 2.38. The predicted octanol–water partition coefficient (Wildman–Crippen LogP) is 2.18. The van der Waals surface area contributed by atoms with E-state index in [1.165, 1.54) is 5.56 Å². The Morgan fingerprint density at radius 2 is 1.90 bits per heavy atom. The second-order valence-electron chi connectivity index (χ2n) is 5.28. The number of aryl methyl sites for hydroxylation is 1. The van der Waals surface area contributed by atoms with Crippen LogP contribution in [-0.4, -0.2) is 24.6 Å². The highest BCUT2D eigenvalue weighted by molar-refractivity contribution is 5.86. The van der Waals surface area contributed by atoms with Crippen LogP contribution >= 0.6 is 12.4 Å². The van der Waals surface area contributed by atoms with Gasteiger partial charge in [0.05, 0.1) is 12.1 Å². The molecule has 1 aliphatic carbocycles. The number of benzene rings is 1. The SMILES string of the molecule is Cc1ccc(OCCNC(=O)C2(N)CCCC2)cc1.Cl.